The molecule has 7 heteroatoms. The molecule has 0 saturated carbocycles. The lowest BCUT2D eigenvalue weighted by molar-refractivity contribution is 0.316. The third-order valence-electron chi connectivity index (χ3n) is 2.39. The minimum Gasteiger partial charge on any atom is -0.409 e. The van der Waals surface area contributed by atoms with Crippen LogP contribution in [0.1, 0.15) is 40.0 Å². The summed E-state index contributed by atoms with van der Waals surface area (Å²) in [4.78, 5) is 0. The highest BCUT2D eigenvalue weighted by Crippen LogP contribution is 2.05. The van der Waals surface area contributed by atoms with Gasteiger partial charge in [-0.2, -0.15) is 0 Å². The third-order valence-corrected chi connectivity index (χ3v) is 3.85. The summed E-state index contributed by atoms with van der Waals surface area (Å²) < 4.78 is 26.0. The molecular weight excluding hydrogens is 242 g/mol. The van der Waals surface area contributed by atoms with Gasteiger partial charge in [-0.15, -0.1) is 0 Å². The lowest BCUT2D eigenvalue weighted by Crippen LogP contribution is -2.38. The van der Waals surface area contributed by atoms with Crippen LogP contribution < -0.4 is 10.5 Å². The predicted octanol–water partition coefficient (Wildman–Crippen LogP) is 0.867. The van der Waals surface area contributed by atoms with E-state index in [9.17, 15) is 8.42 Å². The van der Waals surface area contributed by atoms with Gasteiger partial charge in [-0.05, 0) is 18.8 Å². The quantitative estimate of drug-likeness (QED) is 0.262. The maximum atomic E-state index is 11.7. The zero-order valence-corrected chi connectivity index (χ0v) is 11.5. The monoisotopic (exact) mass is 265 g/mol. The van der Waals surface area contributed by atoms with Crippen LogP contribution in [0.4, 0.5) is 0 Å². The van der Waals surface area contributed by atoms with Crippen molar-refractivity contribution in [1.29, 1.82) is 0 Å². The van der Waals surface area contributed by atoms with Crippen LogP contribution in [0, 0.1) is 5.92 Å². The first-order valence-corrected chi connectivity index (χ1v) is 7.42. The van der Waals surface area contributed by atoms with Gasteiger partial charge in [0.05, 0.1) is 5.75 Å². The molecular formula is C10H23N3O3S. The summed E-state index contributed by atoms with van der Waals surface area (Å²) in [6, 6.07) is -0.317. The molecule has 0 aromatic heterocycles. The number of nitrogens with two attached hydrogens (primary N) is 1. The molecule has 4 N–H and O–H groups in total. The summed E-state index contributed by atoms with van der Waals surface area (Å²) in [6.45, 7) is 5.80. The number of hydrogen-bond donors (Lipinski definition) is 3. The van der Waals surface area contributed by atoms with Gasteiger partial charge in [-0.25, -0.2) is 13.1 Å². The van der Waals surface area contributed by atoms with E-state index < -0.39 is 10.0 Å². The van der Waals surface area contributed by atoms with Crippen LogP contribution in [0.15, 0.2) is 5.16 Å². The van der Waals surface area contributed by atoms with Crippen molar-refractivity contribution in [3.8, 4) is 0 Å². The molecule has 0 amide bonds. The average Bonchev–Trinajstić information content (AvgIpc) is 2.25. The van der Waals surface area contributed by atoms with E-state index >= 15 is 0 Å². The van der Waals surface area contributed by atoms with Crippen molar-refractivity contribution < 1.29 is 13.6 Å². The Morgan fingerprint density at radius 2 is 2.06 bits per heavy atom. The first kappa shape index (κ1) is 16.2. The summed E-state index contributed by atoms with van der Waals surface area (Å²) in [6.07, 6.45) is 1.43. The number of amidine groups is 1. The van der Waals surface area contributed by atoms with E-state index in [-0.39, 0.29) is 24.1 Å². The molecule has 0 saturated heterocycles. The molecule has 0 radical (unpaired) electrons. The lowest BCUT2D eigenvalue weighted by atomic mass is 10.1. The summed E-state index contributed by atoms with van der Waals surface area (Å²) in [5.74, 6) is 0.483. The molecule has 6 nitrogen and oxygen atoms in total. The smallest absolute Gasteiger partial charge is 0.211 e. The SMILES string of the molecule is CCC(CC(N)=NO)NS(=O)(=O)CCC(C)C. The Balaban J connectivity index is 4.35. The van der Waals surface area contributed by atoms with Crippen molar-refractivity contribution in [3.63, 3.8) is 0 Å². The van der Waals surface area contributed by atoms with E-state index in [4.69, 9.17) is 10.9 Å². The molecule has 0 aromatic rings. The molecule has 0 aliphatic carbocycles. The molecule has 1 atom stereocenters. The fourth-order valence-corrected chi connectivity index (χ4v) is 2.92. The zero-order valence-electron chi connectivity index (χ0n) is 10.7. The van der Waals surface area contributed by atoms with Gasteiger partial charge in [-0.1, -0.05) is 25.9 Å². The van der Waals surface area contributed by atoms with Crippen LogP contribution in [0.25, 0.3) is 0 Å². The van der Waals surface area contributed by atoms with Gasteiger partial charge in [0.1, 0.15) is 5.84 Å². The molecule has 0 fully saturated rings. The fraction of sp³-hybridized carbons (Fsp3) is 0.900. The molecule has 0 aromatic carbocycles. The zero-order chi connectivity index (χ0) is 13.5. The van der Waals surface area contributed by atoms with Gasteiger partial charge in [-0.3, -0.25) is 0 Å². The minimum absolute atomic E-state index is 0.0309. The van der Waals surface area contributed by atoms with Crippen molar-refractivity contribution in [1.82, 2.24) is 4.72 Å². The Bertz CT molecular complexity index is 339. The van der Waals surface area contributed by atoms with E-state index in [2.05, 4.69) is 9.88 Å². The largest absolute Gasteiger partial charge is 0.409 e. The summed E-state index contributed by atoms with van der Waals surface area (Å²) >= 11 is 0. The molecule has 102 valence electrons. The van der Waals surface area contributed by atoms with Crippen molar-refractivity contribution in [2.24, 2.45) is 16.8 Å². The first-order chi connectivity index (χ1) is 7.80. The molecule has 0 aliphatic heterocycles. The summed E-state index contributed by atoms with van der Waals surface area (Å²) in [5, 5.41) is 11.3. The highest BCUT2D eigenvalue weighted by molar-refractivity contribution is 7.89. The van der Waals surface area contributed by atoms with Crippen LogP contribution >= 0.6 is 0 Å². The molecule has 1 unspecified atom stereocenters. The molecule has 0 spiro atoms. The van der Waals surface area contributed by atoms with Crippen LogP contribution in [-0.4, -0.2) is 31.3 Å². The Labute approximate surface area is 103 Å². The van der Waals surface area contributed by atoms with Gasteiger partial charge in [0.2, 0.25) is 10.0 Å². The van der Waals surface area contributed by atoms with E-state index in [0.717, 1.165) is 0 Å². The van der Waals surface area contributed by atoms with Crippen molar-refractivity contribution in [2.75, 3.05) is 5.75 Å². The van der Waals surface area contributed by atoms with Crippen molar-refractivity contribution in [3.05, 3.63) is 0 Å². The third kappa shape index (κ3) is 7.98. The highest BCUT2D eigenvalue weighted by Gasteiger charge is 2.18. The number of oxime groups is 1. The van der Waals surface area contributed by atoms with Gasteiger partial charge < -0.3 is 10.9 Å². The molecule has 0 bridgehead atoms. The Kier molecular flexibility index (Phi) is 7.13. The Morgan fingerprint density at radius 3 is 2.47 bits per heavy atom. The van der Waals surface area contributed by atoms with Crippen LogP contribution in [0.2, 0.25) is 0 Å². The molecule has 17 heavy (non-hydrogen) atoms. The maximum Gasteiger partial charge on any atom is 0.211 e. The Morgan fingerprint density at radius 1 is 1.47 bits per heavy atom. The van der Waals surface area contributed by atoms with Gasteiger partial charge in [0.15, 0.2) is 0 Å². The van der Waals surface area contributed by atoms with Crippen LogP contribution in [0.5, 0.6) is 0 Å². The molecule has 0 rings (SSSR count). The van der Waals surface area contributed by atoms with Gasteiger partial charge >= 0.3 is 0 Å². The number of nitrogens with zero attached hydrogens (tertiary/aromatic N) is 1. The summed E-state index contributed by atoms with van der Waals surface area (Å²) in [5.41, 5.74) is 5.36. The first-order valence-electron chi connectivity index (χ1n) is 5.77. The van der Waals surface area contributed by atoms with Gasteiger partial charge in [0.25, 0.3) is 0 Å². The Hall–Kier alpha value is -0.820. The topological polar surface area (TPSA) is 105 Å². The number of sulfonamides is 1. The number of nitrogens with one attached hydrogen (secondary N) is 1. The normalized spacial score (nSPS) is 15.2. The second-order valence-electron chi connectivity index (χ2n) is 4.52. The van der Waals surface area contributed by atoms with Crippen LogP contribution in [-0.2, 0) is 10.0 Å². The minimum atomic E-state index is -3.28. The van der Waals surface area contributed by atoms with Crippen LogP contribution in [0.3, 0.4) is 0 Å². The van der Waals surface area contributed by atoms with E-state index in [1.54, 1.807) is 0 Å². The predicted molar refractivity (Wildman–Crippen MR) is 68.5 cm³/mol. The van der Waals surface area contributed by atoms with E-state index in [1.807, 2.05) is 20.8 Å². The standard InChI is InChI=1S/C10H23N3O3S/c1-4-9(7-10(11)12-14)13-17(15,16)6-5-8(2)3/h8-9,13-14H,4-7H2,1-3H3,(H2,11,12). The highest BCUT2D eigenvalue weighted by atomic mass is 32.2. The van der Waals surface area contributed by atoms with E-state index in [0.29, 0.717) is 18.8 Å². The number of rotatable bonds is 8. The number of hydrogen-bond acceptors (Lipinski definition) is 4. The average molecular weight is 265 g/mol. The maximum absolute atomic E-state index is 11.7. The fourth-order valence-electron chi connectivity index (χ4n) is 1.27. The second-order valence-corrected chi connectivity index (χ2v) is 6.39. The second kappa shape index (κ2) is 7.50. The van der Waals surface area contributed by atoms with Crippen molar-refractivity contribution >= 4 is 15.9 Å². The molecule has 0 heterocycles. The van der Waals surface area contributed by atoms with Crippen molar-refractivity contribution in [2.45, 2.75) is 46.1 Å². The van der Waals surface area contributed by atoms with E-state index in [1.165, 1.54) is 0 Å². The lowest BCUT2D eigenvalue weighted by Gasteiger charge is -2.16. The van der Waals surface area contributed by atoms with Gasteiger partial charge in [0, 0.05) is 12.5 Å². The molecule has 0 aliphatic rings. The summed E-state index contributed by atoms with van der Waals surface area (Å²) in [7, 11) is -3.28.